The molecule has 134 valence electrons. The largest absolute Gasteiger partial charge is 0.391 e. The summed E-state index contributed by atoms with van der Waals surface area (Å²) in [6.45, 7) is 5.02. The van der Waals surface area contributed by atoms with Gasteiger partial charge in [-0.1, -0.05) is 6.42 Å². The van der Waals surface area contributed by atoms with Crippen molar-refractivity contribution in [3.8, 4) is 0 Å². The first-order valence-corrected chi connectivity index (χ1v) is 9.13. The van der Waals surface area contributed by atoms with E-state index in [1.807, 2.05) is 0 Å². The third kappa shape index (κ3) is 5.07. The number of halogens is 3. The molecule has 1 aliphatic carbocycles. The van der Waals surface area contributed by atoms with Crippen molar-refractivity contribution in [2.24, 2.45) is 11.8 Å². The van der Waals surface area contributed by atoms with Crippen LogP contribution in [0.15, 0.2) is 0 Å². The molecule has 0 aromatic carbocycles. The minimum Gasteiger partial charge on any atom is -0.381 e. The maximum absolute atomic E-state index is 12.9. The van der Waals surface area contributed by atoms with Crippen LogP contribution in [0.4, 0.5) is 13.2 Å². The standard InChI is InChI=1S/C17H29F3N2O/c18-17(19,20)14-2-1-3-16(10-14)21-15-4-7-22(8-5-15)11-13-6-9-23-12-13/h13-16,21H,1-12H2/t13-,14-,16+/m1/s1. The van der Waals surface area contributed by atoms with E-state index in [-0.39, 0.29) is 12.5 Å². The summed E-state index contributed by atoms with van der Waals surface area (Å²) in [7, 11) is 0. The molecular weight excluding hydrogens is 305 g/mol. The Morgan fingerprint density at radius 2 is 1.78 bits per heavy atom. The van der Waals surface area contributed by atoms with Crippen LogP contribution in [-0.2, 0) is 4.74 Å². The average molecular weight is 334 g/mol. The van der Waals surface area contributed by atoms with Gasteiger partial charge in [-0.05, 0) is 57.5 Å². The Kier molecular flexibility index (Phi) is 5.86. The number of hydrogen-bond acceptors (Lipinski definition) is 3. The lowest BCUT2D eigenvalue weighted by atomic mass is 9.84. The summed E-state index contributed by atoms with van der Waals surface area (Å²) in [6, 6.07) is 0.443. The van der Waals surface area contributed by atoms with Crippen molar-refractivity contribution in [2.45, 2.75) is 63.2 Å². The highest BCUT2D eigenvalue weighted by Crippen LogP contribution is 2.37. The molecule has 23 heavy (non-hydrogen) atoms. The van der Waals surface area contributed by atoms with Gasteiger partial charge in [-0.25, -0.2) is 0 Å². The smallest absolute Gasteiger partial charge is 0.381 e. The second-order valence-corrected chi connectivity index (χ2v) is 7.57. The molecule has 2 saturated heterocycles. The first-order valence-electron chi connectivity index (χ1n) is 9.13. The zero-order chi connectivity index (χ0) is 16.3. The first kappa shape index (κ1) is 17.5. The third-order valence-electron chi connectivity index (χ3n) is 5.74. The number of alkyl halides is 3. The van der Waals surface area contributed by atoms with Crippen LogP contribution >= 0.6 is 0 Å². The molecule has 0 amide bonds. The fourth-order valence-corrected chi connectivity index (χ4v) is 4.35. The van der Waals surface area contributed by atoms with Crippen molar-refractivity contribution in [3.05, 3.63) is 0 Å². The monoisotopic (exact) mass is 334 g/mol. The lowest BCUT2D eigenvalue weighted by Crippen LogP contribution is -2.49. The summed E-state index contributed by atoms with van der Waals surface area (Å²) < 4.78 is 44.1. The molecule has 2 aliphatic heterocycles. The van der Waals surface area contributed by atoms with E-state index in [4.69, 9.17) is 4.74 Å². The average Bonchev–Trinajstić information content (AvgIpc) is 3.02. The van der Waals surface area contributed by atoms with Crippen LogP contribution in [0.25, 0.3) is 0 Å². The van der Waals surface area contributed by atoms with Crippen LogP contribution in [0.3, 0.4) is 0 Å². The van der Waals surface area contributed by atoms with E-state index in [0.717, 1.165) is 52.1 Å². The van der Waals surface area contributed by atoms with Crippen LogP contribution in [0, 0.1) is 11.8 Å². The van der Waals surface area contributed by atoms with Crippen LogP contribution in [-0.4, -0.2) is 56.0 Å². The van der Waals surface area contributed by atoms with E-state index in [0.29, 0.717) is 24.8 Å². The lowest BCUT2D eigenvalue weighted by Gasteiger charge is -2.38. The molecule has 3 aliphatic rings. The minimum absolute atomic E-state index is 0.0511. The number of nitrogens with one attached hydrogen (secondary N) is 1. The lowest BCUT2D eigenvalue weighted by molar-refractivity contribution is -0.184. The van der Waals surface area contributed by atoms with Crippen LogP contribution < -0.4 is 5.32 Å². The van der Waals surface area contributed by atoms with Crippen molar-refractivity contribution in [3.63, 3.8) is 0 Å². The zero-order valence-electron chi connectivity index (χ0n) is 13.8. The first-order chi connectivity index (χ1) is 11.0. The van der Waals surface area contributed by atoms with Crippen molar-refractivity contribution < 1.29 is 17.9 Å². The van der Waals surface area contributed by atoms with E-state index in [9.17, 15) is 13.2 Å². The van der Waals surface area contributed by atoms with Crippen molar-refractivity contribution in [1.82, 2.24) is 10.2 Å². The van der Waals surface area contributed by atoms with Gasteiger partial charge >= 0.3 is 6.18 Å². The van der Waals surface area contributed by atoms with Gasteiger partial charge in [-0.3, -0.25) is 0 Å². The molecule has 0 aromatic heterocycles. The van der Waals surface area contributed by atoms with Crippen LogP contribution in [0.5, 0.6) is 0 Å². The number of likely N-dealkylation sites (tertiary alicyclic amines) is 1. The second kappa shape index (κ2) is 7.70. The van der Waals surface area contributed by atoms with E-state index in [2.05, 4.69) is 10.2 Å². The SMILES string of the molecule is FC(F)(F)[C@@H]1CCC[C@H](NC2CCN(C[C@H]3CCOC3)CC2)C1. The Hall–Kier alpha value is -0.330. The number of rotatable bonds is 4. The summed E-state index contributed by atoms with van der Waals surface area (Å²) in [6.07, 6.45) is 1.43. The highest BCUT2D eigenvalue weighted by molar-refractivity contribution is 4.86. The molecule has 0 spiro atoms. The maximum Gasteiger partial charge on any atom is 0.391 e. The highest BCUT2D eigenvalue weighted by Gasteiger charge is 2.42. The number of hydrogen-bond donors (Lipinski definition) is 1. The molecule has 6 heteroatoms. The molecular formula is C17H29F3N2O. The Morgan fingerprint density at radius 3 is 2.43 bits per heavy atom. The van der Waals surface area contributed by atoms with Crippen molar-refractivity contribution in [2.75, 3.05) is 32.8 Å². The molecule has 3 fully saturated rings. The molecule has 3 atom stereocenters. The van der Waals surface area contributed by atoms with Gasteiger partial charge < -0.3 is 15.0 Å². The summed E-state index contributed by atoms with van der Waals surface area (Å²) in [5, 5.41) is 3.52. The summed E-state index contributed by atoms with van der Waals surface area (Å²) in [5.74, 6) is -0.429. The van der Waals surface area contributed by atoms with E-state index in [1.54, 1.807) is 0 Å². The topological polar surface area (TPSA) is 24.5 Å². The van der Waals surface area contributed by atoms with Crippen LogP contribution in [0.2, 0.25) is 0 Å². The molecule has 0 radical (unpaired) electrons. The number of nitrogens with zero attached hydrogens (tertiary/aromatic N) is 1. The fourth-order valence-electron chi connectivity index (χ4n) is 4.35. The quantitative estimate of drug-likeness (QED) is 0.854. The predicted molar refractivity (Wildman–Crippen MR) is 83.3 cm³/mol. The summed E-state index contributed by atoms with van der Waals surface area (Å²) >= 11 is 0. The van der Waals surface area contributed by atoms with E-state index in [1.165, 1.54) is 6.42 Å². The Balaban J connectivity index is 1.38. The van der Waals surface area contributed by atoms with Gasteiger partial charge in [0.25, 0.3) is 0 Å². The normalized spacial score (nSPS) is 34.8. The molecule has 3 nitrogen and oxygen atoms in total. The van der Waals surface area contributed by atoms with Gasteiger partial charge in [-0.2, -0.15) is 13.2 Å². The molecule has 0 unspecified atom stereocenters. The number of piperidine rings is 1. The molecule has 0 aromatic rings. The fraction of sp³-hybridized carbons (Fsp3) is 1.00. The van der Waals surface area contributed by atoms with Gasteiger partial charge in [-0.15, -0.1) is 0 Å². The van der Waals surface area contributed by atoms with Gasteiger partial charge in [0.2, 0.25) is 0 Å². The molecule has 1 N–H and O–H groups in total. The molecule has 0 bridgehead atoms. The van der Waals surface area contributed by atoms with E-state index < -0.39 is 12.1 Å². The maximum atomic E-state index is 12.9. The zero-order valence-corrected chi connectivity index (χ0v) is 13.8. The van der Waals surface area contributed by atoms with Crippen LogP contribution in [0.1, 0.15) is 44.9 Å². The van der Waals surface area contributed by atoms with Gasteiger partial charge in [0.1, 0.15) is 0 Å². The third-order valence-corrected chi connectivity index (χ3v) is 5.74. The minimum atomic E-state index is -4.02. The van der Waals surface area contributed by atoms with Gasteiger partial charge in [0, 0.05) is 25.2 Å². The van der Waals surface area contributed by atoms with E-state index >= 15 is 0 Å². The predicted octanol–water partition coefficient (Wildman–Crippen LogP) is 3.20. The highest BCUT2D eigenvalue weighted by atomic mass is 19.4. The Morgan fingerprint density at radius 1 is 1.00 bits per heavy atom. The van der Waals surface area contributed by atoms with Crippen molar-refractivity contribution in [1.29, 1.82) is 0 Å². The van der Waals surface area contributed by atoms with Gasteiger partial charge in [0.15, 0.2) is 0 Å². The second-order valence-electron chi connectivity index (χ2n) is 7.57. The summed E-state index contributed by atoms with van der Waals surface area (Å²) in [5.41, 5.74) is 0. The Bertz CT molecular complexity index is 363. The molecule has 2 heterocycles. The molecule has 1 saturated carbocycles. The number of ether oxygens (including phenoxy) is 1. The van der Waals surface area contributed by atoms with Gasteiger partial charge in [0.05, 0.1) is 12.5 Å². The van der Waals surface area contributed by atoms with Crippen molar-refractivity contribution >= 4 is 0 Å². The molecule has 3 rings (SSSR count). The Labute approximate surface area is 136 Å². The summed E-state index contributed by atoms with van der Waals surface area (Å²) in [4.78, 5) is 2.50.